The molecule has 1 aliphatic heterocycles. The van der Waals surface area contributed by atoms with E-state index in [0.29, 0.717) is 23.6 Å². The van der Waals surface area contributed by atoms with Gasteiger partial charge in [-0.3, -0.25) is 4.79 Å². The topological polar surface area (TPSA) is 89.1 Å². The highest BCUT2D eigenvalue weighted by Gasteiger charge is 2.15. The van der Waals surface area contributed by atoms with Crippen LogP contribution in [-0.2, 0) is 0 Å². The van der Waals surface area contributed by atoms with Crippen molar-refractivity contribution in [3.63, 3.8) is 0 Å². The summed E-state index contributed by atoms with van der Waals surface area (Å²) in [6.07, 6.45) is 1.64. The Hall–Kier alpha value is -2.22. The quantitative estimate of drug-likeness (QED) is 0.632. The molecule has 20 heavy (non-hydrogen) atoms. The number of aromatic nitrogens is 3. The Morgan fingerprint density at radius 2 is 2.30 bits per heavy atom. The van der Waals surface area contributed by atoms with Gasteiger partial charge in [0.1, 0.15) is 5.03 Å². The standard InChI is InChI=1S/C12H12N4O3S/c17-12(13-3-4-20-11-6-14-16-15-11)8-1-2-9-10(5-8)19-7-18-9/h1-2,5-6H,3-4,7H2,(H,13,17)(H,14,15,16). The van der Waals surface area contributed by atoms with Gasteiger partial charge < -0.3 is 14.8 Å². The summed E-state index contributed by atoms with van der Waals surface area (Å²) < 4.78 is 10.4. The summed E-state index contributed by atoms with van der Waals surface area (Å²) in [6.45, 7) is 0.750. The van der Waals surface area contributed by atoms with E-state index >= 15 is 0 Å². The SMILES string of the molecule is O=C(NCCSc1cn[nH]n1)c1ccc2c(c1)OCO2. The van der Waals surface area contributed by atoms with E-state index in [0.717, 1.165) is 10.8 Å². The largest absolute Gasteiger partial charge is 0.454 e. The fraction of sp³-hybridized carbons (Fsp3) is 0.250. The highest BCUT2D eigenvalue weighted by molar-refractivity contribution is 7.99. The zero-order valence-electron chi connectivity index (χ0n) is 10.5. The maximum absolute atomic E-state index is 12.0. The molecule has 0 atom stereocenters. The highest BCUT2D eigenvalue weighted by Crippen LogP contribution is 2.32. The zero-order chi connectivity index (χ0) is 13.8. The number of benzene rings is 1. The van der Waals surface area contributed by atoms with Crippen LogP contribution in [0, 0.1) is 0 Å². The molecule has 7 nitrogen and oxygen atoms in total. The summed E-state index contributed by atoms with van der Waals surface area (Å²) in [6, 6.07) is 5.14. The molecule has 0 saturated heterocycles. The van der Waals surface area contributed by atoms with Crippen LogP contribution in [0.25, 0.3) is 0 Å². The van der Waals surface area contributed by atoms with Gasteiger partial charge in [-0.05, 0) is 18.2 Å². The van der Waals surface area contributed by atoms with E-state index in [9.17, 15) is 4.79 Å². The molecule has 2 aromatic rings. The first kappa shape index (κ1) is 12.8. The zero-order valence-corrected chi connectivity index (χ0v) is 11.3. The van der Waals surface area contributed by atoms with Crippen LogP contribution >= 0.6 is 11.8 Å². The molecule has 1 amide bonds. The van der Waals surface area contributed by atoms with Crippen LogP contribution in [-0.4, -0.2) is 40.4 Å². The van der Waals surface area contributed by atoms with Gasteiger partial charge in [0.15, 0.2) is 11.5 Å². The van der Waals surface area contributed by atoms with Crippen molar-refractivity contribution in [2.45, 2.75) is 5.03 Å². The van der Waals surface area contributed by atoms with Crippen molar-refractivity contribution in [1.29, 1.82) is 0 Å². The second kappa shape index (κ2) is 5.83. The Kier molecular flexibility index (Phi) is 3.73. The molecular weight excluding hydrogens is 280 g/mol. The summed E-state index contributed by atoms with van der Waals surface area (Å²) in [7, 11) is 0. The molecule has 0 saturated carbocycles. The molecule has 1 aromatic heterocycles. The third-order valence-corrected chi connectivity index (χ3v) is 3.57. The van der Waals surface area contributed by atoms with Gasteiger partial charge in [0, 0.05) is 17.9 Å². The molecule has 0 aliphatic carbocycles. The molecule has 2 N–H and O–H groups in total. The van der Waals surface area contributed by atoms with Crippen LogP contribution in [0.5, 0.6) is 11.5 Å². The summed E-state index contributed by atoms with van der Waals surface area (Å²) in [5.74, 6) is 1.87. The van der Waals surface area contributed by atoms with Crippen LogP contribution in [0.4, 0.5) is 0 Å². The molecule has 3 rings (SSSR count). The van der Waals surface area contributed by atoms with E-state index < -0.39 is 0 Å². The number of ether oxygens (including phenoxy) is 2. The van der Waals surface area contributed by atoms with Gasteiger partial charge in [0.25, 0.3) is 5.91 Å². The molecule has 0 unspecified atom stereocenters. The highest BCUT2D eigenvalue weighted by atomic mass is 32.2. The van der Waals surface area contributed by atoms with Crippen LogP contribution in [0.2, 0.25) is 0 Å². The Morgan fingerprint density at radius 1 is 1.40 bits per heavy atom. The third-order valence-electron chi connectivity index (χ3n) is 2.67. The Morgan fingerprint density at radius 3 is 3.15 bits per heavy atom. The van der Waals surface area contributed by atoms with Crippen molar-refractivity contribution in [2.24, 2.45) is 0 Å². The number of nitrogens with zero attached hydrogens (tertiary/aromatic N) is 2. The van der Waals surface area contributed by atoms with Crippen LogP contribution < -0.4 is 14.8 Å². The van der Waals surface area contributed by atoms with E-state index in [2.05, 4.69) is 20.7 Å². The van der Waals surface area contributed by atoms with Crippen molar-refractivity contribution in [3.8, 4) is 11.5 Å². The fourth-order valence-corrected chi connectivity index (χ4v) is 2.37. The number of aromatic amines is 1. The van der Waals surface area contributed by atoms with Gasteiger partial charge in [-0.15, -0.1) is 16.9 Å². The molecule has 2 heterocycles. The first-order valence-electron chi connectivity index (χ1n) is 5.99. The maximum Gasteiger partial charge on any atom is 0.251 e. The van der Waals surface area contributed by atoms with E-state index in [-0.39, 0.29) is 12.7 Å². The number of thioether (sulfide) groups is 1. The number of hydrogen-bond donors (Lipinski definition) is 2. The Bertz CT molecular complexity index is 603. The van der Waals surface area contributed by atoms with Crippen molar-refractivity contribution in [1.82, 2.24) is 20.7 Å². The predicted octanol–water partition coefficient (Wildman–Crippen LogP) is 1.06. The molecule has 0 spiro atoms. The fourth-order valence-electron chi connectivity index (χ4n) is 1.72. The van der Waals surface area contributed by atoms with Gasteiger partial charge in [-0.2, -0.15) is 10.3 Å². The number of carbonyl (C=O) groups is 1. The first-order chi connectivity index (χ1) is 9.83. The summed E-state index contributed by atoms with van der Waals surface area (Å²) in [5.41, 5.74) is 0.556. The number of amides is 1. The van der Waals surface area contributed by atoms with Crippen molar-refractivity contribution >= 4 is 17.7 Å². The third kappa shape index (κ3) is 2.85. The number of carbonyl (C=O) groups excluding carboxylic acids is 1. The summed E-state index contributed by atoms with van der Waals surface area (Å²) in [4.78, 5) is 12.0. The lowest BCUT2D eigenvalue weighted by molar-refractivity contribution is 0.0955. The van der Waals surface area contributed by atoms with Gasteiger partial charge in [0.05, 0.1) is 6.20 Å². The smallest absolute Gasteiger partial charge is 0.251 e. The van der Waals surface area contributed by atoms with Gasteiger partial charge in [-0.25, -0.2) is 0 Å². The van der Waals surface area contributed by atoms with E-state index in [1.165, 1.54) is 11.8 Å². The van der Waals surface area contributed by atoms with E-state index in [4.69, 9.17) is 9.47 Å². The number of hydrogen-bond acceptors (Lipinski definition) is 6. The normalized spacial score (nSPS) is 12.4. The lowest BCUT2D eigenvalue weighted by Gasteiger charge is -2.05. The number of rotatable bonds is 5. The second-order valence-corrected chi connectivity index (χ2v) is 5.10. The predicted molar refractivity (Wildman–Crippen MR) is 72.0 cm³/mol. The maximum atomic E-state index is 12.0. The van der Waals surface area contributed by atoms with E-state index in [1.54, 1.807) is 24.4 Å². The summed E-state index contributed by atoms with van der Waals surface area (Å²) >= 11 is 1.52. The van der Waals surface area contributed by atoms with Crippen molar-refractivity contribution in [3.05, 3.63) is 30.0 Å². The van der Waals surface area contributed by atoms with Crippen LogP contribution in [0.3, 0.4) is 0 Å². The number of H-pyrrole nitrogens is 1. The van der Waals surface area contributed by atoms with Gasteiger partial charge in [0.2, 0.25) is 6.79 Å². The van der Waals surface area contributed by atoms with Crippen molar-refractivity contribution < 1.29 is 14.3 Å². The Balaban J connectivity index is 1.49. The molecular formula is C12H12N4O3S. The monoisotopic (exact) mass is 292 g/mol. The van der Waals surface area contributed by atoms with Gasteiger partial charge >= 0.3 is 0 Å². The Labute approximate surface area is 119 Å². The summed E-state index contributed by atoms with van der Waals surface area (Å²) in [5, 5.41) is 13.8. The molecule has 0 fully saturated rings. The molecule has 0 bridgehead atoms. The average molecular weight is 292 g/mol. The molecule has 8 heteroatoms. The molecule has 1 aromatic carbocycles. The van der Waals surface area contributed by atoms with Crippen LogP contribution in [0.15, 0.2) is 29.4 Å². The lowest BCUT2D eigenvalue weighted by Crippen LogP contribution is -2.25. The minimum atomic E-state index is -0.135. The van der Waals surface area contributed by atoms with Crippen molar-refractivity contribution in [2.75, 3.05) is 19.1 Å². The number of nitrogens with one attached hydrogen (secondary N) is 2. The lowest BCUT2D eigenvalue weighted by atomic mass is 10.2. The van der Waals surface area contributed by atoms with Gasteiger partial charge in [-0.1, -0.05) is 0 Å². The second-order valence-electron chi connectivity index (χ2n) is 3.98. The first-order valence-corrected chi connectivity index (χ1v) is 6.98. The number of fused-ring (bicyclic) bond motifs is 1. The average Bonchev–Trinajstić information content (AvgIpc) is 3.13. The molecule has 0 radical (unpaired) electrons. The van der Waals surface area contributed by atoms with Crippen LogP contribution in [0.1, 0.15) is 10.4 Å². The van der Waals surface area contributed by atoms with E-state index in [1.807, 2.05) is 0 Å². The molecule has 1 aliphatic rings. The minimum absolute atomic E-state index is 0.135. The minimum Gasteiger partial charge on any atom is -0.454 e. The molecule has 104 valence electrons.